The number of piperidine rings is 3. The molecule has 0 spiro atoms. The summed E-state index contributed by atoms with van der Waals surface area (Å²) in [4.78, 5) is 81.1. The lowest BCUT2D eigenvalue weighted by Crippen LogP contribution is -2.55. The fourth-order valence-electron chi connectivity index (χ4n) is 10.6. The Kier molecular flexibility index (Phi) is 14.0. The second-order valence-electron chi connectivity index (χ2n) is 18.9. The van der Waals surface area contributed by atoms with Crippen LogP contribution in [0, 0.1) is 0 Å². The van der Waals surface area contributed by atoms with E-state index in [1.807, 2.05) is 67.3 Å². The molecule has 3 saturated heterocycles. The van der Waals surface area contributed by atoms with E-state index in [2.05, 4.69) is 10.6 Å². The van der Waals surface area contributed by atoms with Crippen molar-refractivity contribution < 1.29 is 51.4 Å². The summed E-state index contributed by atoms with van der Waals surface area (Å²) in [5, 5.41) is 7.83. The standard InChI is InChI=1S/C52H54ClN5O11S2/c1-5-68-42(60)28-69-45-44(53)46(70-47(45)51(64)67-4)32-10-7-12-34(26-32)54-35-21-24-57(52(2,3)27-35)71(65,66)29-30-9-6-11-33(25-30)49(62)56-22-19-31(20-23-56)36-15-16-39-43-37(36)13-8-14-38(43)50(63)58(39)40-17-18-41(59)55-48(40)61/h6-16,25-26,31,35,40,54H,5,17-24,27-29H2,1-4H3,(H,55,59,61). The van der Waals surface area contributed by atoms with Crippen LogP contribution in [0.1, 0.15) is 107 Å². The fourth-order valence-corrected chi connectivity index (χ4v) is 14.0. The molecule has 2 unspecified atom stereocenters. The lowest BCUT2D eigenvalue weighted by molar-refractivity contribution is -0.145. The average Bonchev–Trinajstić information content (AvgIpc) is 3.83. The fraction of sp³-hybridized carbons (Fsp3) is 0.385. The summed E-state index contributed by atoms with van der Waals surface area (Å²) in [6, 6.07) is 23.0. The van der Waals surface area contributed by atoms with Crippen LogP contribution in [-0.2, 0) is 39.6 Å². The second-order valence-corrected chi connectivity index (χ2v) is 22.1. The number of thiophene rings is 1. The van der Waals surface area contributed by atoms with Gasteiger partial charge in [-0.3, -0.25) is 29.4 Å². The first-order chi connectivity index (χ1) is 34.0. The summed E-state index contributed by atoms with van der Waals surface area (Å²) in [5.41, 5.74) is 3.91. The van der Waals surface area contributed by atoms with Gasteiger partial charge in [0.25, 0.3) is 11.8 Å². The number of likely N-dealkylation sites (tertiary alicyclic amines) is 1. The van der Waals surface area contributed by atoms with Crippen molar-refractivity contribution in [3.05, 3.63) is 111 Å². The van der Waals surface area contributed by atoms with Gasteiger partial charge in [0.15, 0.2) is 17.2 Å². The zero-order valence-electron chi connectivity index (χ0n) is 39.7. The first-order valence-corrected chi connectivity index (χ1v) is 26.5. The second kappa shape index (κ2) is 20.0. The Morgan fingerprint density at radius 2 is 1.69 bits per heavy atom. The minimum absolute atomic E-state index is 0.0338. The molecule has 3 fully saturated rings. The molecule has 1 aromatic heterocycles. The third kappa shape index (κ3) is 9.86. The molecule has 19 heteroatoms. The number of carbonyl (C=O) groups is 6. The number of sulfonamides is 1. The highest BCUT2D eigenvalue weighted by Gasteiger charge is 2.43. The van der Waals surface area contributed by atoms with Crippen LogP contribution in [0.15, 0.2) is 78.9 Å². The van der Waals surface area contributed by atoms with E-state index in [-0.39, 0.29) is 77.1 Å². The topological polar surface area (TPSA) is 198 Å². The van der Waals surface area contributed by atoms with Crippen LogP contribution in [-0.4, -0.2) is 111 Å². The number of hydrogen-bond acceptors (Lipinski definition) is 13. The molecule has 2 atom stereocenters. The first kappa shape index (κ1) is 49.6. The van der Waals surface area contributed by atoms with Gasteiger partial charge < -0.3 is 24.4 Å². The maximum Gasteiger partial charge on any atom is 0.351 e. The molecule has 0 radical (unpaired) electrons. The van der Waals surface area contributed by atoms with Gasteiger partial charge in [-0.05, 0) is 117 Å². The number of halogens is 1. The monoisotopic (exact) mass is 1020 g/mol. The molecule has 372 valence electrons. The zero-order chi connectivity index (χ0) is 50.4. The predicted octanol–water partition coefficient (Wildman–Crippen LogP) is 7.92. The van der Waals surface area contributed by atoms with E-state index in [9.17, 15) is 37.2 Å². The SMILES string of the molecule is CCOC(=O)COc1c(C(=O)OC)sc(-c2cccc(NC3CCN(S(=O)(=O)Cc4cccc(C(=O)N5CCC(c6ccc7c8c(cccc68)C(=O)N7C6CCC(=O)NC6=O)CC5)c4)C(C)(C)C3)c2)c1Cl. The normalized spacial score (nSPS) is 19.4. The summed E-state index contributed by atoms with van der Waals surface area (Å²) in [5.74, 6) is -2.63. The molecule has 5 aromatic rings. The number of ether oxygens (including phenoxy) is 3. The van der Waals surface area contributed by atoms with E-state index >= 15 is 0 Å². The number of carbonyl (C=O) groups excluding carboxylic acids is 6. The van der Waals surface area contributed by atoms with Crippen LogP contribution < -0.4 is 20.3 Å². The summed E-state index contributed by atoms with van der Waals surface area (Å²) < 4.78 is 45.5. The lowest BCUT2D eigenvalue weighted by atomic mass is 9.85. The number of nitrogens with zero attached hydrogens (tertiary/aromatic N) is 3. The van der Waals surface area contributed by atoms with Crippen LogP contribution >= 0.6 is 22.9 Å². The predicted molar refractivity (Wildman–Crippen MR) is 270 cm³/mol. The molecule has 2 N–H and O–H groups in total. The van der Waals surface area contributed by atoms with Gasteiger partial charge in [-0.2, -0.15) is 4.31 Å². The van der Waals surface area contributed by atoms with E-state index in [4.69, 9.17) is 25.8 Å². The Morgan fingerprint density at radius 1 is 0.930 bits per heavy atom. The van der Waals surface area contributed by atoms with Crippen molar-refractivity contribution in [2.75, 3.05) is 50.2 Å². The molecule has 71 heavy (non-hydrogen) atoms. The molecule has 4 aromatic carbocycles. The van der Waals surface area contributed by atoms with Crippen molar-refractivity contribution in [3.63, 3.8) is 0 Å². The van der Waals surface area contributed by atoms with Gasteiger partial charge in [0.2, 0.25) is 21.8 Å². The molecular formula is C52H54ClN5O11S2. The number of methoxy groups -OCH3 is 1. The summed E-state index contributed by atoms with van der Waals surface area (Å²) in [6.45, 7) is 6.49. The minimum Gasteiger partial charge on any atom is -0.479 e. The Labute approximate surface area is 420 Å². The van der Waals surface area contributed by atoms with Crippen LogP contribution in [0.3, 0.4) is 0 Å². The highest BCUT2D eigenvalue weighted by Crippen LogP contribution is 2.47. The third-order valence-electron chi connectivity index (χ3n) is 13.8. The van der Waals surface area contributed by atoms with Crippen LogP contribution in [0.25, 0.3) is 21.2 Å². The molecule has 9 rings (SSSR count). The van der Waals surface area contributed by atoms with Gasteiger partial charge in [-0.25, -0.2) is 18.0 Å². The minimum atomic E-state index is -3.82. The molecule has 4 amide bonds. The van der Waals surface area contributed by atoms with E-state index in [0.717, 1.165) is 33.4 Å². The molecular weight excluding hydrogens is 970 g/mol. The van der Waals surface area contributed by atoms with Crippen molar-refractivity contribution in [1.82, 2.24) is 14.5 Å². The number of amides is 4. The van der Waals surface area contributed by atoms with Crippen molar-refractivity contribution in [2.45, 2.75) is 88.6 Å². The number of nitrogens with one attached hydrogen (secondary N) is 2. The number of anilines is 2. The van der Waals surface area contributed by atoms with Crippen LogP contribution in [0.5, 0.6) is 5.75 Å². The number of rotatable bonds is 14. The maximum atomic E-state index is 14.2. The van der Waals surface area contributed by atoms with Gasteiger partial charge in [0.1, 0.15) is 11.1 Å². The first-order valence-electron chi connectivity index (χ1n) is 23.7. The molecule has 0 aliphatic carbocycles. The number of hydrogen-bond donors (Lipinski definition) is 2. The van der Waals surface area contributed by atoms with Gasteiger partial charge in [-0.1, -0.05) is 54.1 Å². The van der Waals surface area contributed by atoms with E-state index in [1.165, 1.54) is 12.0 Å². The Hall–Kier alpha value is -6.34. The van der Waals surface area contributed by atoms with Crippen LogP contribution in [0.4, 0.5) is 11.4 Å². The average molecular weight is 1020 g/mol. The Bertz CT molecular complexity index is 3090. The van der Waals surface area contributed by atoms with E-state index < -0.39 is 46.1 Å². The van der Waals surface area contributed by atoms with E-state index in [1.54, 1.807) is 41.6 Å². The largest absolute Gasteiger partial charge is 0.479 e. The number of imide groups is 1. The molecule has 0 bridgehead atoms. The summed E-state index contributed by atoms with van der Waals surface area (Å²) in [6.07, 6.45) is 2.82. The Morgan fingerprint density at radius 3 is 2.42 bits per heavy atom. The van der Waals surface area contributed by atoms with Crippen molar-refractivity contribution >= 4 is 90.7 Å². The maximum absolute atomic E-state index is 14.2. The smallest absolute Gasteiger partial charge is 0.351 e. The van der Waals surface area contributed by atoms with Crippen molar-refractivity contribution in [1.29, 1.82) is 0 Å². The van der Waals surface area contributed by atoms with Crippen molar-refractivity contribution in [3.8, 4) is 16.2 Å². The highest BCUT2D eigenvalue weighted by molar-refractivity contribution is 7.88. The quantitative estimate of drug-likeness (QED) is 0.0806. The molecule has 16 nitrogen and oxygen atoms in total. The molecule has 4 aliphatic heterocycles. The Balaban J connectivity index is 0.822. The summed E-state index contributed by atoms with van der Waals surface area (Å²) >= 11 is 7.84. The number of benzene rings is 4. The third-order valence-corrected chi connectivity index (χ3v) is 17.5. The lowest BCUT2D eigenvalue weighted by Gasteiger charge is -2.45. The molecule has 4 aliphatic rings. The number of esters is 2. The van der Waals surface area contributed by atoms with E-state index in [0.29, 0.717) is 71.6 Å². The summed E-state index contributed by atoms with van der Waals surface area (Å²) in [7, 11) is -2.58. The molecule has 5 heterocycles. The van der Waals surface area contributed by atoms with Gasteiger partial charge in [-0.15, -0.1) is 11.3 Å². The highest BCUT2D eigenvalue weighted by atomic mass is 35.5. The van der Waals surface area contributed by atoms with Gasteiger partial charge in [0.05, 0.1) is 30.0 Å². The van der Waals surface area contributed by atoms with Crippen LogP contribution in [0.2, 0.25) is 5.02 Å². The van der Waals surface area contributed by atoms with Crippen molar-refractivity contribution in [2.24, 2.45) is 0 Å². The molecule has 0 saturated carbocycles. The zero-order valence-corrected chi connectivity index (χ0v) is 42.1. The van der Waals surface area contributed by atoms with Gasteiger partial charge >= 0.3 is 11.9 Å². The van der Waals surface area contributed by atoms with Gasteiger partial charge in [0, 0.05) is 59.8 Å².